The van der Waals surface area contributed by atoms with Crippen LogP contribution in [-0.2, 0) is 17.8 Å². The van der Waals surface area contributed by atoms with Gasteiger partial charge in [0.15, 0.2) is 5.69 Å². The molecular weight excluding hydrogens is 389 g/mol. The summed E-state index contributed by atoms with van der Waals surface area (Å²) in [5, 5.41) is 8.03. The highest BCUT2D eigenvalue weighted by atomic mass is 19.1. The van der Waals surface area contributed by atoms with Gasteiger partial charge in [0.1, 0.15) is 11.9 Å². The molecule has 2 atom stereocenters. The van der Waals surface area contributed by atoms with E-state index < -0.39 is 6.17 Å². The summed E-state index contributed by atoms with van der Waals surface area (Å²) in [6.45, 7) is 1.86. The minimum absolute atomic E-state index is 0.0712. The van der Waals surface area contributed by atoms with Gasteiger partial charge in [-0.1, -0.05) is 17.3 Å². The molecule has 0 spiro atoms. The number of hydrogen-bond donors (Lipinski definition) is 0. The second-order valence-corrected chi connectivity index (χ2v) is 7.89. The van der Waals surface area contributed by atoms with Gasteiger partial charge in [-0.15, -0.1) is 5.10 Å². The van der Waals surface area contributed by atoms with Crippen LogP contribution in [0.1, 0.15) is 35.3 Å². The van der Waals surface area contributed by atoms with Crippen LogP contribution >= 0.6 is 0 Å². The van der Waals surface area contributed by atoms with Crippen LogP contribution in [0.4, 0.5) is 4.39 Å². The monoisotopic (exact) mass is 415 g/mol. The summed E-state index contributed by atoms with van der Waals surface area (Å²) in [7, 11) is 1.58. The largest absolute Gasteiger partial charge is 0.497 e. The molecule has 0 unspecified atom stereocenters. The molecule has 8 nitrogen and oxygen atoms in total. The van der Waals surface area contributed by atoms with Crippen molar-refractivity contribution in [3.63, 3.8) is 0 Å². The van der Waals surface area contributed by atoms with Crippen LogP contribution in [-0.4, -0.2) is 75.6 Å². The SMILES string of the molecule is COc1cccc(CC(=O)N2C[C@@H](F)C[C@H]2Cn2cc(C(=O)N3CCCC3)nn2)c1. The lowest BCUT2D eigenvalue weighted by Gasteiger charge is -2.24. The van der Waals surface area contributed by atoms with E-state index in [0.29, 0.717) is 18.0 Å². The molecule has 0 radical (unpaired) electrons. The number of carbonyl (C=O) groups is 2. The molecular formula is C21H26FN5O3. The number of hydrogen-bond acceptors (Lipinski definition) is 5. The Labute approximate surface area is 174 Å². The molecule has 0 bridgehead atoms. The third-order valence-corrected chi connectivity index (χ3v) is 5.72. The second-order valence-electron chi connectivity index (χ2n) is 7.89. The quantitative estimate of drug-likeness (QED) is 0.718. The number of ether oxygens (including phenoxy) is 1. The number of methoxy groups -OCH3 is 1. The first-order valence-corrected chi connectivity index (χ1v) is 10.3. The van der Waals surface area contributed by atoms with Crippen molar-refractivity contribution in [2.75, 3.05) is 26.7 Å². The summed E-state index contributed by atoms with van der Waals surface area (Å²) in [6.07, 6.45) is 2.96. The second kappa shape index (κ2) is 8.81. The lowest BCUT2D eigenvalue weighted by atomic mass is 10.1. The Morgan fingerprint density at radius 3 is 2.83 bits per heavy atom. The molecule has 0 aliphatic carbocycles. The molecule has 1 aromatic heterocycles. The van der Waals surface area contributed by atoms with E-state index in [1.165, 1.54) is 4.68 Å². The van der Waals surface area contributed by atoms with E-state index in [0.717, 1.165) is 31.5 Å². The number of carbonyl (C=O) groups excluding carboxylic acids is 2. The summed E-state index contributed by atoms with van der Waals surface area (Å²) in [4.78, 5) is 28.7. The maximum Gasteiger partial charge on any atom is 0.276 e. The van der Waals surface area contributed by atoms with Crippen LogP contribution in [0.2, 0.25) is 0 Å². The van der Waals surface area contributed by atoms with Crippen LogP contribution in [0.15, 0.2) is 30.5 Å². The molecule has 2 saturated heterocycles. The summed E-state index contributed by atoms with van der Waals surface area (Å²) in [5.41, 5.74) is 1.11. The number of benzene rings is 1. The van der Waals surface area contributed by atoms with Crippen LogP contribution < -0.4 is 4.74 Å². The van der Waals surface area contributed by atoms with Crippen molar-refractivity contribution < 1.29 is 18.7 Å². The van der Waals surface area contributed by atoms with E-state index >= 15 is 0 Å². The number of aromatic nitrogens is 3. The summed E-state index contributed by atoms with van der Waals surface area (Å²) >= 11 is 0. The van der Waals surface area contributed by atoms with Crippen molar-refractivity contribution in [1.29, 1.82) is 0 Å². The fourth-order valence-corrected chi connectivity index (χ4v) is 4.18. The normalized spacial score (nSPS) is 21.3. The van der Waals surface area contributed by atoms with E-state index in [1.54, 1.807) is 23.1 Å². The predicted molar refractivity (Wildman–Crippen MR) is 107 cm³/mol. The summed E-state index contributed by atoms with van der Waals surface area (Å²) < 4.78 is 20.9. The Morgan fingerprint density at radius 1 is 1.27 bits per heavy atom. The minimum atomic E-state index is -1.07. The minimum Gasteiger partial charge on any atom is -0.497 e. The fraction of sp³-hybridized carbons (Fsp3) is 0.524. The van der Waals surface area contributed by atoms with Crippen LogP contribution in [0.5, 0.6) is 5.75 Å². The first-order valence-electron chi connectivity index (χ1n) is 10.3. The Hall–Kier alpha value is -2.97. The van der Waals surface area contributed by atoms with E-state index in [4.69, 9.17) is 4.74 Å². The Balaban J connectivity index is 1.41. The molecule has 2 aromatic rings. The summed E-state index contributed by atoms with van der Waals surface area (Å²) in [6, 6.07) is 6.98. The van der Waals surface area contributed by atoms with Crippen molar-refractivity contribution in [2.24, 2.45) is 0 Å². The molecule has 1 aromatic carbocycles. The maximum atomic E-state index is 14.2. The topological polar surface area (TPSA) is 80.6 Å². The average Bonchev–Trinajstić information content (AvgIpc) is 3.49. The molecule has 3 heterocycles. The number of likely N-dealkylation sites (tertiary alicyclic amines) is 2. The molecule has 0 saturated carbocycles. The van der Waals surface area contributed by atoms with Crippen molar-refractivity contribution in [1.82, 2.24) is 24.8 Å². The summed E-state index contributed by atoms with van der Waals surface area (Å²) in [5.74, 6) is 0.417. The van der Waals surface area contributed by atoms with Gasteiger partial charge in [0.05, 0.1) is 38.9 Å². The van der Waals surface area contributed by atoms with E-state index in [1.807, 2.05) is 24.3 Å². The molecule has 2 fully saturated rings. The lowest BCUT2D eigenvalue weighted by molar-refractivity contribution is -0.131. The van der Waals surface area contributed by atoms with Gasteiger partial charge < -0.3 is 14.5 Å². The third kappa shape index (κ3) is 4.44. The van der Waals surface area contributed by atoms with E-state index in [2.05, 4.69) is 10.3 Å². The van der Waals surface area contributed by atoms with Gasteiger partial charge in [-0.05, 0) is 30.5 Å². The number of nitrogens with zero attached hydrogens (tertiary/aromatic N) is 5. The van der Waals surface area contributed by atoms with Gasteiger partial charge in [0.25, 0.3) is 5.91 Å². The molecule has 2 aliphatic heterocycles. The van der Waals surface area contributed by atoms with Gasteiger partial charge in [-0.3, -0.25) is 9.59 Å². The van der Waals surface area contributed by atoms with Crippen LogP contribution in [0, 0.1) is 0 Å². The molecule has 2 amide bonds. The van der Waals surface area contributed by atoms with Crippen molar-refractivity contribution in [3.8, 4) is 5.75 Å². The number of halogens is 1. The van der Waals surface area contributed by atoms with Gasteiger partial charge in [0, 0.05) is 19.5 Å². The first-order chi connectivity index (χ1) is 14.5. The highest BCUT2D eigenvalue weighted by molar-refractivity contribution is 5.92. The fourth-order valence-electron chi connectivity index (χ4n) is 4.18. The van der Waals surface area contributed by atoms with Gasteiger partial charge in [-0.25, -0.2) is 9.07 Å². The number of amides is 2. The zero-order valence-electron chi connectivity index (χ0n) is 17.0. The first kappa shape index (κ1) is 20.3. The Kier molecular flexibility index (Phi) is 5.96. The predicted octanol–water partition coefficient (Wildman–Crippen LogP) is 1.70. The van der Waals surface area contributed by atoms with Gasteiger partial charge in [0.2, 0.25) is 5.91 Å². The molecule has 9 heteroatoms. The zero-order valence-corrected chi connectivity index (χ0v) is 17.0. The van der Waals surface area contributed by atoms with Crippen molar-refractivity contribution in [2.45, 2.75) is 44.4 Å². The van der Waals surface area contributed by atoms with Gasteiger partial charge >= 0.3 is 0 Å². The molecule has 160 valence electrons. The number of alkyl halides is 1. The molecule has 0 N–H and O–H groups in total. The highest BCUT2D eigenvalue weighted by Gasteiger charge is 2.36. The smallest absolute Gasteiger partial charge is 0.276 e. The zero-order chi connectivity index (χ0) is 21.1. The van der Waals surface area contributed by atoms with Crippen molar-refractivity contribution >= 4 is 11.8 Å². The van der Waals surface area contributed by atoms with E-state index in [-0.39, 0.29) is 37.2 Å². The molecule has 2 aliphatic rings. The third-order valence-electron chi connectivity index (χ3n) is 5.72. The van der Waals surface area contributed by atoms with Crippen molar-refractivity contribution in [3.05, 3.63) is 41.7 Å². The lowest BCUT2D eigenvalue weighted by Crippen LogP contribution is -2.39. The van der Waals surface area contributed by atoms with E-state index in [9.17, 15) is 14.0 Å². The number of rotatable bonds is 6. The maximum absolute atomic E-state index is 14.2. The highest BCUT2D eigenvalue weighted by Crippen LogP contribution is 2.24. The molecule has 30 heavy (non-hydrogen) atoms. The standard InChI is InChI=1S/C21H26FN5O3/c1-30-18-6-4-5-15(9-18)10-20(28)27-12-16(22)11-17(27)13-26-14-19(23-24-26)21(29)25-7-2-3-8-25/h4-6,9,14,16-17H,2-3,7-8,10-13H2,1H3/t16-,17-/m0/s1. The molecule has 4 rings (SSSR count). The average molecular weight is 415 g/mol. The Bertz CT molecular complexity index is 912. The van der Waals surface area contributed by atoms with Crippen LogP contribution in [0.3, 0.4) is 0 Å². The Morgan fingerprint density at radius 2 is 2.07 bits per heavy atom. The van der Waals surface area contributed by atoms with Crippen LogP contribution in [0.25, 0.3) is 0 Å². The van der Waals surface area contributed by atoms with Gasteiger partial charge in [-0.2, -0.15) is 0 Å².